The van der Waals surface area contributed by atoms with Gasteiger partial charge < -0.3 is 0 Å². The molecule has 0 heterocycles. The van der Waals surface area contributed by atoms with Gasteiger partial charge in [0.05, 0.1) is 0 Å². The first-order valence-corrected chi connectivity index (χ1v) is 13.0. The van der Waals surface area contributed by atoms with Crippen LogP contribution in [0, 0.1) is 0 Å². The van der Waals surface area contributed by atoms with Crippen LogP contribution in [0.25, 0.3) is 0 Å². The summed E-state index contributed by atoms with van der Waals surface area (Å²) >= 11 is 0. The Morgan fingerprint density at radius 2 is 0.867 bits per heavy atom. The van der Waals surface area contributed by atoms with Gasteiger partial charge in [-0.15, -0.1) is 0 Å². The van der Waals surface area contributed by atoms with E-state index in [0.717, 1.165) is 11.8 Å². The summed E-state index contributed by atoms with van der Waals surface area (Å²) in [5, 5.41) is 0. The van der Waals surface area contributed by atoms with Gasteiger partial charge in [-0.3, -0.25) is 0 Å². The summed E-state index contributed by atoms with van der Waals surface area (Å²) in [7, 11) is 0. The summed E-state index contributed by atoms with van der Waals surface area (Å²) in [5.74, 6) is 1.54. The monoisotopic (exact) mass is 404 g/mol. The molecule has 2 aromatic rings. The van der Waals surface area contributed by atoms with Crippen molar-refractivity contribution in [3.63, 3.8) is 0 Å². The van der Waals surface area contributed by atoms with Gasteiger partial charge >= 0.3 is 0 Å². The van der Waals surface area contributed by atoms with Crippen LogP contribution in [0.15, 0.2) is 48.5 Å². The number of hydrogen-bond donors (Lipinski definition) is 0. The molecule has 0 atom stereocenters. The molecular weight excluding hydrogens is 360 g/mol. The number of rotatable bonds is 12. The average molecular weight is 405 g/mol. The predicted molar refractivity (Wildman–Crippen MR) is 133 cm³/mol. The van der Waals surface area contributed by atoms with Gasteiger partial charge in [0.1, 0.15) is 0 Å². The molecule has 2 aromatic carbocycles. The first-order valence-electron chi connectivity index (χ1n) is 13.0. The van der Waals surface area contributed by atoms with Crippen molar-refractivity contribution in [2.45, 2.75) is 116 Å². The lowest BCUT2D eigenvalue weighted by atomic mass is 9.76. The quantitative estimate of drug-likeness (QED) is 0.309. The largest absolute Gasteiger partial charge is 0.0654 e. The maximum atomic E-state index is 2.43. The Kier molecular flexibility index (Phi) is 10.0. The number of aryl methyl sites for hydroxylation is 2. The molecule has 0 saturated heterocycles. The van der Waals surface area contributed by atoms with Gasteiger partial charge in [0, 0.05) is 0 Å². The lowest BCUT2D eigenvalue weighted by Gasteiger charge is -2.29. The third kappa shape index (κ3) is 7.29. The number of unbranched alkanes of at least 4 members (excludes halogenated alkanes) is 6. The fourth-order valence-corrected chi connectivity index (χ4v) is 5.18. The standard InChI is InChI=1S/C30H44/c1-3-5-7-8-10-12-26-15-19-28(20-16-26)30-23-21-29(22-24-30)27-17-13-25(14-18-27)11-9-6-4-2/h13-20,29-30H,3-12,21-24H2,1-2H3. The van der Waals surface area contributed by atoms with Crippen molar-refractivity contribution >= 4 is 0 Å². The van der Waals surface area contributed by atoms with Crippen LogP contribution in [0.4, 0.5) is 0 Å². The maximum Gasteiger partial charge on any atom is -0.0162 e. The summed E-state index contributed by atoms with van der Waals surface area (Å²) in [6, 6.07) is 19.3. The molecule has 0 aliphatic heterocycles. The average Bonchev–Trinajstić information content (AvgIpc) is 2.80. The van der Waals surface area contributed by atoms with Gasteiger partial charge in [-0.1, -0.05) is 101 Å². The van der Waals surface area contributed by atoms with E-state index in [9.17, 15) is 0 Å². The highest BCUT2D eigenvalue weighted by Crippen LogP contribution is 2.40. The molecule has 164 valence electrons. The van der Waals surface area contributed by atoms with Gasteiger partial charge in [0.15, 0.2) is 0 Å². The minimum absolute atomic E-state index is 0.771. The van der Waals surface area contributed by atoms with Crippen LogP contribution < -0.4 is 0 Å². The Balaban J connectivity index is 1.42. The zero-order chi connectivity index (χ0) is 21.0. The molecule has 3 rings (SSSR count). The second kappa shape index (κ2) is 13.0. The lowest BCUT2D eigenvalue weighted by molar-refractivity contribution is 0.396. The molecule has 0 aromatic heterocycles. The van der Waals surface area contributed by atoms with Crippen molar-refractivity contribution in [3.05, 3.63) is 70.8 Å². The second-order valence-corrected chi connectivity index (χ2v) is 9.65. The Bertz CT molecular complexity index is 686. The van der Waals surface area contributed by atoms with Crippen LogP contribution in [-0.2, 0) is 12.8 Å². The SMILES string of the molecule is CCCCCCCc1ccc(C2CCC(c3ccc(CCCCC)cc3)CC2)cc1. The molecular formula is C30H44. The zero-order valence-corrected chi connectivity index (χ0v) is 19.7. The van der Waals surface area contributed by atoms with Gasteiger partial charge in [0.25, 0.3) is 0 Å². The highest BCUT2D eigenvalue weighted by atomic mass is 14.3. The summed E-state index contributed by atoms with van der Waals surface area (Å²) in [4.78, 5) is 0. The van der Waals surface area contributed by atoms with Gasteiger partial charge in [-0.25, -0.2) is 0 Å². The van der Waals surface area contributed by atoms with E-state index >= 15 is 0 Å². The van der Waals surface area contributed by atoms with Crippen LogP contribution in [-0.4, -0.2) is 0 Å². The first kappa shape index (κ1) is 23.1. The second-order valence-electron chi connectivity index (χ2n) is 9.65. The van der Waals surface area contributed by atoms with Crippen molar-refractivity contribution in [1.29, 1.82) is 0 Å². The first-order chi connectivity index (χ1) is 14.8. The van der Waals surface area contributed by atoms with Crippen LogP contribution in [0.5, 0.6) is 0 Å². The molecule has 0 spiro atoms. The third-order valence-corrected chi connectivity index (χ3v) is 7.27. The zero-order valence-electron chi connectivity index (χ0n) is 19.7. The van der Waals surface area contributed by atoms with Gasteiger partial charge in [-0.05, 0) is 85.5 Å². The van der Waals surface area contributed by atoms with E-state index in [1.165, 1.54) is 101 Å². The molecule has 0 unspecified atom stereocenters. The molecule has 1 saturated carbocycles. The van der Waals surface area contributed by atoms with E-state index in [-0.39, 0.29) is 0 Å². The van der Waals surface area contributed by atoms with Crippen molar-refractivity contribution < 1.29 is 0 Å². The minimum atomic E-state index is 0.771. The normalized spacial score (nSPS) is 19.1. The Morgan fingerprint density at radius 1 is 0.500 bits per heavy atom. The van der Waals surface area contributed by atoms with E-state index in [0.29, 0.717) is 0 Å². The van der Waals surface area contributed by atoms with Crippen molar-refractivity contribution in [2.75, 3.05) is 0 Å². The molecule has 0 nitrogen and oxygen atoms in total. The summed E-state index contributed by atoms with van der Waals surface area (Å²) in [6.07, 6.45) is 18.7. The predicted octanol–water partition coefficient (Wildman–Crippen LogP) is 9.37. The Labute approximate surface area is 186 Å². The van der Waals surface area contributed by atoms with Crippen molar-refractivity contribution in [2.24, 2.45) is 0 Å². The minimum Gasteiger partial charge on any atom is -0.0654 e. The molecule has 0 N–H and O–H groups in total. The summed E-state index contributed by atoms with van der Waals surface area (Å²) in [6.45, 7) is 4.57. The van der Waals surface area contributed by atoms with Gasteiger partial charge in [-0.2, -0.15) is 0 Å². The van der Waals surface area contributed by atoms with Crippen LogP contribution in [0.2, 0.25) is 0 Å². The fourth-order valence-electron chi connectivity index (χ4n) is 5.18. The number of hydrogen-bond acceptors (Lipinski definition) is 0. The molecule has 0 heteroatoms. The fraction of sp³-hybridized carbons (Fsp3) is 0.600. The summed E-state index contributed by atoms with van der Waals surface area (Å²) in [5.41, 5.74) is 6.20. The van der Waals surface area contributed by atoms with Crippen LogP contribution >= 0.6 is 0 Å². The van der Waals surface area contributed by atoms with Crippen molar-refractivity contribution in [1.82, 2.24) is 0 Å². The Hall–Kier alpha value is -1.56. The van der Waals surface area contributed by atoms with E-state index < -0.39 is 0 Å². The van der Waals surface area contributed by atoms with Gasteiger partial charge in [0.2, 0.25) is 0 Å². The van der Waals surface area contributed by atoms with E-state index in [1.54, 1.807) is 11.1 Å². The smallest absolute Gasteiger partial charge is 0.0162 e. The molecule has 0 radical (unpaired) electrons. The Morgan fingerprint density at radius 3 is 1.30 bits per heavy atom. The molecule has 1 aliphatic rings. The molecule has 1 fully saturated rings. The van der Waals surface area contributed by atoms with Crippen LogP contribution in [0.1, 0.15) is 125 Å². The lowest BCUT2D eigenvalue weighted by Crippen LogP contribution is -2.12. The topological polar surface area (TPSA) is 0 Å². The van der Waals surface area contributed by atoms with E-state index in [4.69, 9.17) is 0 Å². The molecule has 0 bridgehead atoms. The van der Waals surface area contributed by atoms with E-state index in [1.807, 2.05) is 0 Å². The van der Waals surface area contributed by atoms with Crippen LogP contribution in [0.3, 0.4) is 0 Å². The molecule has 0 amide bonds. The molecule has 30 heavy (non-hydrogen) atoms. The highest BCUT2D eigenvalue weighted by Gasteiger charge is 2.23. The third-order valence-electron chi connectivity index (χ3n) is 7.27. The number of benzene rings is 2. The van der Waals surface area contributed by atoms with Crippen molar-refractivity contribution in [3.8, 4) is 0 Å². The summed E-state index contributed by atoms with van der Waals surface area (Å²) < 4.78 is 0. The van der Waals surface area contributed by atoms with E-state index in [2.05, 4.69) is 62.4 Å². The molecule has 1 aliphatic carbocycles. The maximum absolute atomic E-state index is 2.43. The highest BCUT2D eigenvalue weighted by molar-refractivity contribution is 5.29.